The number of hydrogen-bond donors (Lipinski definition) is 0. The van der Waals surface area contributed by atoms with E-state index in [9.17, 15) is 0 Å². The molecule has 49 heavy (non-hydrogen) atoms. The van der Waals surface area contributed by atoms with E-state index in [1.807, 2.05) is 12.1 Å². The standard InChI is InChI=1S/C46H34N2O/c1-46-29-35-27-33(31-11-4-2-5-12-31)21-25-41(35)48(46)42-26-22-34(28-36(42)30-46)32-19-23-38(24-20-32)47(37-13-6-3-7-14-37)43-17-10-16-40-39-15-8-9-18-44(39)49-45(40)43/h2-28H,29-30H2,1H3. The monoisotopic (exact) mass is 630 g/mol. The van der Waals surface area contributed by atoms with Crippen LogP contribution in [0.2, 0.25) is 0 Å². The Kier molecular flexibility index (Phi) is 6.13. The maximum atomic E-state index is 6.49. The van der Waals surface area contributed by atoms with Crippen LogP contribution in [0.3, 0.4) is 0 Å². The lowest BCUT2D eigenvalue weighted by molar-refractivity contribution is 0.507. The van der Waals surface area contributed by atoms with Crippen molar-refractivity contribution in [2.45, 2.75) is 25.3 Å². The van der Waals surface area contributed by atoms with Gasteiger partial charge in [0.1, 0.15) is 5.58 Å². The molecule has 3 heteroatoms. The van der Waals surface area contributed by atoms with Gasteiger partial charge in [0.05, 0.1) is 11.2 Å². The second-order valence-corrected chi connectivity index (χ2v) is 13.7. The lowest BCUT2D eigenvalue weighted by Crippen LogP contribution is -2.37. The molecule has 0 radical (unpaired) electrons. The molecule has 8 aromatic rings. The summed E-state index contributed by atoms with van der Waals surface area (Å²) in [6.45, 7) is 2.42. The summed E-state index contributed by atoms with van der Waals surface area (Å²) in [5.74, 6) is 0. The van der Waals surface area contributed by atoms with E-state index in [0.717, 1.165) is 51.8 Å². The highest BCUT2D eigenvalue weighted by molar-refractivity contribution is 6.10. The zero-order valence-electron chi connectivity index (χ0n) is 27.3. The highest BCUT2D eigenvalue weighted by Crippen LogP contribution is 2.53. The number of nitrogens with zero attached hydrogens (tertiary/aromatic N) is 2. The van der Waals surface area contributed by atoms with Gasteiger partial charge in [-0.25, -0.2) is 0 Å². The summed E-state index contributed by atoms with van der Waals surface area (Å²) in [7, 11) is 0. The highest BCUT2D eigenvalue weighted by atomic mass is 16.3. The fourth-order valence-corrected chi connectivity index (χ4v) is 8.35. The van der Waals surface area contributed by atoms with Gasteiger partial charge >= 0.3 is 0 Å². The van der Waals surface area contributed by atoms with Crippen molar-refractivity contribution < 1.29 is 4.42 Å². The Morgan fingerprint density at radius 1 is 0.510 bits per heavy atom. The maximum absolute atomic E-state index is 6.49. The van der Waals surface area contributed by atoms with Gasteiger partial charge in [-0.05, 0) is 114 Å². The van der Waals surface area contributed by atoms with E-state index in [4.69, 9.17) is 4.42 Å². The number of benzene rings is 7. The summed E-state index contributed by atoms with van der Waals surface area (Å²) in [5.41, 5.74) is 15.6. The summed E-state index contributed by atoms with van der Waals surface area (Å²) in [6.07, 6.45) is 2.09. The van der Waals surface area contributed by atoms with Gasteiger partial charge < -0.3 is 14.2 Å². The van der Waals surface area contributed by atoms with Gasteiger partial charge in [-0.3, -0.25) is 0 Å². The van der Waals surface area contributed by atoms with Crippen LogP contribution < -0.4 is 9.80 Å². The van der Waals surface area contributed by atoms with E-state index in [2.05, 4.69) is 168 Å². The topological polar surface area (TPSA) is 19.6 Å². The van der Waals surface area contributed by atoms with Gasteiger partial charge in [0.25, 0.3) is 0 Å². The molecule has 2 aliphatic heterocycles. The van der Waals surface area contributed by atoms with Crippen LogP contribution >= 0.6 is 0 Å². The van der Waals surface area contributed by atoms with Crippen molar-refractivity contribution in [3.05, 3.63) is 175 Å². The summed E-state index contributed by atoms with van der Waals surface area (Å²) in [5, 5.41) is 2.26. The number of hydrogen-bond acceptors (Lipinski definition) is 3. The van der Waals surface area contributed by atoms with Gasteiger partial charge in [-0.2, -0.15) is 0 Å². The Bertz CT molecular complexity index is 2520. The Balaban J connectivity index is 0.996. The van der Waals surface area contributed by atoms with Crippen molar-refractivity contribution in [3.8, 4) is 22.3 Å². The van der Waals surface area contributed by atoms with Crippen molar-refractivity contribution >= 4 is 50.4 Å². The number of anilines is 5. The molecule has 234 valence electrons. The molecule has 3 nitrogen and oxygen atoms in total. The summed E-state index contributed by atoms with van der Waals surface area (Å²) >= 11 is 0. The first-order valence-electron chi connectivity index (χ1n) is 17.1. The molecule has 0 bridgehead atoms. The van der Waals surface area contributed by atoms with Gasteiger partial charge in [0.15, 0.2) is 5.58 Å². The number of furan rings is 1. The van der Waals surface area contributed by atoms with Crippen LogP contribution in [0.25, 0.3) is 44.2 Å². The van der Waals surface area contributed by atoms with Crippen molar-refractivity contribution in [2.75, 3.05) is 9.80 Å². The van der Waals surface area contributed by atoms with E-state index in [1.54, 1.807) is 0 Å². The normalized spacial score (nSPS) is 16.1. The zero-order valence-corrected chi connectivity index (χ0v) is 27.3. The quantitative estimate of drug-likeness (QED) is 0.189. The van der Waals surface area contributed by atoms with Gasteiger partial charge in [0.2, 0.25) is 0 Å². The molecule has 0 fully saturated rings. The molecule has 0 spiro atoms. The van der Waals surface area contributed by atoms with Crippen molar-refractivity contribution in [1.82, 2.24) is 0 Å². The average Bonchev–Trinajstić information content (AvgIpc) is 3.77. The summed E-state index contributed by atoms with van der Waals surface area (Å²) in [4.78, 5) is 4.89. The molecule has 0 aliphatic carbocycles. The van der Waals surface area contributed by atoms with Crippen LogP contribution in [-0.2, 0) is 12.8 Å². The third-order valence-electron chi connectivity index (χ3n) is 10.5. The van der Waals surface area contributed by atoms with Crippen LogP contribution in [0.5, 0.6) is 0 Å². The number of para-hydroxylation sites is 3. The Labute approximate surface area is 286 Å². The molecular weight excluding hydrogens is 597 g/mol. The largest absolute Gasteiger partial charge is 0.454 e. The first-order chi connectivity index (χ1) is 24.1. The van der Waals surface area contributed by atoms with Crippen LogP contribution in [0.4, 0.5) is 28.4 Å². The lowest BCUT2D eigenvalue weighted by atomic mass is 9.90. The molecule has 10 rings (SSSR count). The highest BCUT2D eigenvalue weighted by Gasteiger charge is 2.46. The van der Waals surface area contributed by atoms with Crippen LogP contribution in [0.15, 0.2) is 168 Å². The smallest absolute Gasteiger partial charge is 0.159 e. The molecule has 0 N–H and O–H groups in total. The molecule has 3 heterocycles. The van der Waals surface area contributed by atoms with Crippen molar-refractivity contribution in [2.24, 2.45) is 0 Å². The van der Waals surface area contributed by atoms with E-state index in [-0.39, 0.29) is 5.54 Å². The number of fused-ring (bicyclic) bond motifs is 8. The van der Waals surface area contributed by atoms with Crippen LogP contribution in [-0.4, -0.2) is 5.54 Å². The minimum absolute atomic E-state index is 0.0519. The summed E-state index contributed by atoms with van der Waals surface area (Å²) < 4.78 is 6.49. The van der Waals surface area contributed by atoms with Crippen molar-refractivity contribution in [3.63, 3.8) is 0 Å². The SMILES string of the molecule is CC12Cc3cc(-c4ccccc4)ccc3N1c1ccc(-c3ccc(N(c4ccccc4)c4cccc5c4oc4ccccc45)cc3)cc1C2. The zero-order chi connectivity index (χ0) is 32.5. The Hall–Kier alpha value is -6.06. The van der Waals surface area contributed by atoms with E-state index in [1.165, 1.54) is 44.8 Å². The minimum atomic E-state index is 0.0519. The first kappa shape index (κ1) is 28.0. The van der Waals surface area contributed by atoms with Gasteiger partial charge in [0, 0.05) is 33.5 Å². The third kappa shape index (κ3) is 4.43. The fourth-order valence-electron chi connectivity index (χ4n) is 8.35. The van der Waals surface area contributed by atoms with E-state index >= 15 is 0 Å². The van der Waals surface area contributed by atoms with Crippen LogP contribution in [0, 0.1) is 0 Å². The second kappa shape index (κ2) is 10.7. The Morgan fingerprint density at radius 2 is 1.06 bits per heavy atom. The molecule has 2 aliphatic rings. The first-order valence-corrected chi connectivity index (χ1v) is 17.1. The van der Waals surface area contributed by atoms with E-state index in [0.29, 0.717) is 0 Å². The molecule has 1 unspecified atom stereocenters. The number of rotatable bonds is 5. The minimum Gasteiger partial charge on any atom is -0.454 e. The van der Waals surface area contributed by atoms with Crippen molar-refractivity contribution in [1.29, 1.82) is 0 Å². The average molecular weight is 631 g/mol. The molecule has 7 aromatic carbocycles. The maximum Gasteiger partial charge on any atom is 0.159 e. The summed E-state index contributed by atoms with van der Waals surface area (Å²) in [6, 6.07) is 59.0. The molecule has 0 amide bonds. The molecular formula is C46H34N2O. The molecule has 0 saturated carbocycles. The predicted octanol–water partition coefficient (Wildman–Crippen LogP) is 12.4. The third-order valence-corrected chi connectivity index (χ3v) is 10.5. The van der Waals surface area contributed by atoms with Gasteiger partial charge in [-0.1, -0.05) is 103 Å². The molecule has 0 saturated heterocycles. The Morgan fingerprint density at radius 3 is 1.76 bits per heavy atom. The molecule has 1 atom stereocenters. The predicted molar refractivity (Wildman–Crippen MR) is 204 cm³/mol. The fraction of sp³-hybridized carbons (Fsp3) is 0.0870. The van der Waals surface area contributed by atoms with Crippen LogP contribution in [0.1, 0.15) is 18.1 Å². The second-order valence-electron chi connectivity index (χ2n) is 13.7. The lowest BCUT2D eigenvalue weighted by Gasteiger charge is -2.30. The molecule has 1 aromatic heterocycles. The van der Waals surface area contributed by atoms with Gasteiger partial charge in [-0.15, -0.1) is 0 Å². The van der Waals surface area contributed by atoms with E-state index < -0.39 is 0 Å².